The van der Waals surface area contributed by atoms with Crippen LogP contribution in [0, 0.1) is 0 Å². The molecule has 1 aliphatic carbocycles. The van der Waals surface area contributed by atoms with Gasteiger partial charge in [-0.2, -0.15) is 0 Å². The highest BCUT2D eigenvalue weighted by molar-refractivity contribution is 6.00. The summed E-state index contributed by atoms with van der Waals surface area (Å²) in [5, 5.41) is 1.02. The Hall–Kier alpha value is -3.08. The topological polar surface area (TPSA) is 59.8 Å². The molecule has 4 rings (SSSR count). The molecule has 5 nitrogen and oxygen atoms in total. The molecular formula is C22H21NO4. The number of para-hydroxylation sites is 1. The van der Waals surface area contributed by atoms with Crippen molar-refractivity contribution in [1.29, 1.82) is 0 Å². The van der Waals surface area contributed by atoms with Crippen molar-refractivity contribution in [1.82, 2.24) is 4.90 Å². The standard InChI is InChI=1S/C22H21NO4/c1-14(21-12-16-5-3-4-6-20(16)27-21)23(2)22(25)13-26-17-8-9-18-15(11-17)7-10-19(18)24/h3-6,8-9,11-12,14H,7,10,13H2,1-2H3. The van der Waals surface area contributed by atoms with Crippen molar-refractivity contribution in [3.05, 3.63) is 65.4 Å². The first-order valence-corrected chi connectivity index (χ1v) is 9.06. The lowest BCUT2D eigenvalue weighted by atomic mass is 10.1. The van der Waals surface area contributed by atoms with Crippen LogP contribution >= 0.6 is 0 Å². The molecule has 0 N–H and O–H groups in total. The molecule has 1 atom stereocenters. The molecule has 138 valence electrons. The fourth-order valence-corrected chi connectivity index (χ4v) is 3.38. The predicted octanol–water partition coefficient (Wildman–Crippen LogP) is 4.16. The van der Waals surface area contributed by atoms with Gasteiger partial charge in [-0.1, -0.05) is 18.2 Å². The second kappa shape index (κ2) is 6.91. The summed E-state index contributed by atoms with van der Waals surface area (Å²) in [6.07, 6.45) is 1.29. The van der Waals surface area contributed by atoms with Crippen molar-refractivity contribution in [3.8, 4) is 5.75 Å². The average molecular weight is 363 g/mol. The molecule has 1 unspecified atom stereocenters. The summed E-state index contributed by atoms with van der Waals surface area (Å²) in [6.45, 7) is 1.87. The van der Waals surface area contributed by atoms with Gasteiger partial charge >= 0.3 is 0 Å². The fraction of sp³-hybridized carbons (Fsp3) is 0.273. The number of nitrogens with zero attached hydrogens (tertiary/aromatic N) is 1. The van der Waals surface area contributed by atoms with Crippen LogP contribution in [-0.4, -0.2) is 30.2 Å². The minimum atomic E-state index is -0.203. The number of rotatable bonds is 5. The third-order valence-corrected chi connectivity index (χ3v) is 5.19. The van der Waals surface area contributed by atoms with Crippen LogP contribution in [0.5, 0.6) is 5.75 Å². The molecule has 0 saturated heterocycles. The Morgan fingerprint density at radius 3 is 2.81 bits per heavy atom. The zero-order chi connectivity index (χ0) is 19.0. The van der Waals surface area contributed by atoms with Crippen LogP contribution in [0.2, 0.25) is 0 Å². The third kappa shape index (κ3) is 3.33. The third-order valence-electron chi connectivity index (χ3n) is 5.19. The van der Waals surface area contributed by atoms with Crippen molar-refractivity contribution >= 4 is 22.7 Å². The number of hydrogen-bond acceptors (Lipinski definition) is 4. The summed E-state index contributed by atoms with van der Waals surface area (Å²) in [5.41, 5.74) is 2.57. The second-order valence-corrected chi connectivity index (χ2v) is 6.90. The van der Waals surface area contributed by atoms with Crippen LogP contribution in [0.4, 0.5) is 0 Å². The Bertz CT molecular complexity index is 987. The number of fused-ring (bicyclic) bond motifs is 2. The van der Waals surface area contributed by atoms with E-state index in [4.69, 9.17) is 9.15 Å². The zero-order valence-corrected chi connectivity index (χ0v) is 15.4. The molecule has 3 aromatic rings. The average Bonchev–Trinajstić information content (AvgIpc) is 3.28. The van der Waals surface area contributed by atoms with Gasteiger partial charge in [0.2, 0.25) is 0 Å². The van der Waals surface area contributed by atoms with Gasteiger partial charge in [-0.3, -0.25) is 9.59 Å². The number of amides is 1. The molecule has 1 aliphatic rings. The second-order valence-electron chi connectivity index (χ2n) is 6.90. The number of ketones is 1. The van der Waals surface area contributed by atoms with Crippen molar-refractivity contribution < 1.29 is 18.7 Å². The summed E-state index contributed by atoms with van der Waals surface area (Å²) < 4.78 is 11.5. The van der Waals surface area contributed by atoms with E-state index >= 15 is 0 Å². The minimum absolute atomic E-state index is 0.0617. The van der Waals surface area contributed by atoms with Gasteiger partial charge < -0.3 is 14.1 Å². The van der Waals surface area contributed by atoms with Crippen LogP contribution in [-0.2, 0) is 11.2 Å². The Labute approximate surface area is 157 Å². The molecule has 5 heteroatoms. The maximum absolute atomic E-state index is 12.5. The molecule has 1 heterocycles. The summed E-state index contributed by atoms with van der Waals surface area (Å²) >= 11 is 0. The first-order valence-electron chi connectivity index (χ1n) is 9.06. The summed E-state index contributed by atoms with van der Waals surface area (Å²) in [4.78, 5) is 25.9. The van der Waals surface area contributed by atoms with E-state index in [-0.39, 0.29) is 24.3 Å². The molecule has 27 heavy (non-hydrogen) atoms. The van der Waals surface area contributed by atoms with Crippen LogP contribution in [0.15, 0.2) is 52.9 Å². The van der Waals surface area contributed by atoms with Gasteiger partial charge in [0.15, 0.2) is 12.4 Å². The lowest BCUT2D eigenvalue weighted by Gasteiger charge is -2.23. The quantitative estimate of drug-likeness (QED) is 0.683. The number of aryl methyl sites for hydroxylation is 1. The monoisotopic (exact) mass is 363 g/mol. The highest BCUT2D eigenvalue weighted by atomic mass is 16.5. The number of likely N-dealkylation sites (N-methyl/N-ethyl adjacent to an activating group) is 1. The van der Waals surface area contributed by atoms with Crippen molar-refractivity contribution in [2.24, 2.45) is 0 Å². The molecule has 0 aliphatic heterocycles. The first-order chi connectivity index (χ1) is 13.0. The molecule has 1 amide bonds. The SMILES string of the molecule is CC(c1cc2ccccc2o1)N(C)C(=O)COc1ccc2c(c1)CCC2=O. The number of hydrogen-bond donors (Lipinski definition) is 0. The Morgan fingerprint density at radius 1 is 1.19 bits per heavy atom. The van der Waals surface area contributed by atoms with Crippen molar-refractivity contribution in [2.45, 2.75) is 25.8 Å². The van der Waals surface area contributed by atoms with Gasteiger partial charge in [0, 0.05) is 24.4 Å². The normalized spacial score (nSPS) is 14.2. The molecule has 1 aromatic heterocycles. The van der Waals surface area contributed by atoms with Crippen molar-refractivity contribution in [3.63, 3.8) is 0 Å². The molecule has 0 saturated carbocycles. The predicted molar refractivity (Wildman–Crippen MR) is 102 cm³/mol. The lowest BCUT2D eigenvalue weighted by molar-refractivity contribution is -0.134. The lowest BCUT2D eigenvalue weighted by Crippen LogP contribution is -2.33. The molecule has 0 bridgehead atoms. The van der Waals surface area contributed by atoms with Gasteiger partial charge in [-0.15, -0.1) is 0 Å². The van der Waals surface area contributed by atoms with Gasteiger partial charge in [0.25, 0.3) is 5.91 Å². The fourth-order valence-electron chi connectivity index (χ4n) is 3.38. The van der Waals surface area contributed by atoms with Gasteiger partial charge in [0.05, 0.1) is 6.04 Å². The van der Waals surface area contributed by atoms with Crippen LogP contribution in [0.1, 0.15) is 41.1 Å². The van der Waals surface area contributed by atoms with E-state index in [1.807, 2.05) is 43.3 Å². The van der Waals surface area contributed by atoms with E-state index in [0.717, 1.165) is 34.3 Å². The molecule has 0 spiro atoms. The van der Waals surface area contributed by atoms with Gasteiger partial charge in [-0.05, 0) is 49.2 Å². The summed E-state index contributed by atoms with van der Waals surface area (Å²) in [5.74, 6) is 1.39. The number of carbonyl (C=O) groups excluding carboxylic acids is 2. The van der Waals surface area contributed by atoms with E-state index < -0.39 is 0 Å². The zero-order valence-electron chi connectivity index (χ0n) is 15.4. The van der Waals surface area contributed by atoms with Crippen LogP contribution < -0.4 is 4.74 Å². The Kier molecular flexibility index (Phi) is 4.44. The van der Waals surface area contributed by atoms with Gasteiger partial charge in [0.1, 0.15) is 17.1 Å². The van der Waals surface area contributed by atoms with Crippen LogP contribution in [0.3, 0.4) is 0 Å². The highest BCUT2D eigenvalue weighted by Crippen LogP contribution is 2.28. The Balaban J connectivity index is 1.41. The van der Waals surface area contributed by atoms with E-state index in [2.05, 4.69) is 0 Å². The summed E-state index contributed by atoms with van der Waals surface area (Å²) in [7, 11) is 1.74. The molecule has 2 aromatic carbocycles. The number of benzene rings is 2. The van der Waals surface area contributed by atoms with Gasteiger partial charge in [-0.25, -0.2) is 0 Å². The summed E-state index contributed by atoms with van der Waals surface area (Å²) in [6, 6.07) is 14.9. The molecule has 0 radical (unpaired) electrons. The Morgan fingerprint density at radius 2 is 2.00 bits per heavy atom. The largest absolute Gasteiger partial charge is 0.484 e. The van der Waals surface area contributed by atoms with E-state index in [1.54, 1.807) is 24.1 Å². The minimum Gasteiger partial charge on any atom is -0.484 e. The van der Waals surface area contributed by atoms with Crippen LogP contribution in [0.25, 0.3) is 11.0 Å². The molecular weight excluding hydrogens is 342 g/mol. The highest BCUT2D eigenvalue weighted by Gasteiger charge is 2.22. The number of ether oxygens (including phenoxy) is 1. The smallest absolute Gasteiger partial charge is 0.260 e. The first kappa shape index (κ1) is 17.3. The molecule has 0 fully saturated rings. The van der Waals surface area contributed by atoms with Crippen molar-refractivity contribution in [2.75, 3.05) is 13.7 Å². The van der Waals surface area contributed by atoms with E-state index in [0.29, 0.717) is 12.2 Å². The van der Waals surface area contributed by atoms with E-state index in [1.165, 1.54) is 0 Å². The number of Topliss-reactive ketones (excluding diaryl/α,β-unsaturated/α-hetero) is 1. The number of furan rings is 1. The van der Waals surface area contributed by atoms with E-state index in [9.17, 15) is 9.59 Å². The maximum Gasteiger partial charge on any atom is 0.260 e. The maximum atomic E-state index is 12.5. The number of carbonyl (C=O) groups is 2.